The van der Waals surface area contributed by atoms with Gasteiger partial charge in [0.1, 0.15) is 0 Å². The molecular weight excluding hydrogens is 356 g/mol. The van der Waals surface area contributed by atoms with Gasteiger partial charge in [0, 0.05) is 25.6 Å². The number of benzene rings is 1. The van der Waals surface area contributed by atoms with Crippen molar-refractivity contribution in [1.82, 2.24) is 10.2 Å². The zero-order valence-electron chi connectivity index (χ0n) is 16.8. The molecule has 4 rings (SSSR count). The van der Waals surface area contributed by atoms with E-state index in [1.807, 2.05) is 23.1 Å². The van der Waals surface area contributed by atoms with Crippen molar-refractivity contribution in [2.45, 2.75) is 44.6 Å². The van der Waals surface area contributed by atoms with Gasteiger partial charge < -0.3 is 19.7 Å². The zero-order valence-corrected chi connectivity index (χ0v) is 16.8. The van der Waals surface area contributed by atoms with Gasteiger partial charge in [-0.1, -0.05) is 12.5 Å². The number of rotatable bonds is 7. The first kappa shape index (κ1) is 19.1. The van der Waals surface area contributed by atoms with Gasteiger partial charge >= 0.3 is 0 Å². The van der Waals surface area contributed by atoms with Crippen LogP contribution in [0.5, 0.6) is 11.5 Å². The van der Waals surface area contributed by atoms with Crippen molar-refractivity contribution in [3.05, 3.63) is 23.8 Å². The average molecular weight is 386 g/mol. The van der Waals surface area contributed by atoms with Gasteiger partial charge in [-0.2, -0.15) is 0 Å². The van der Waals surface area contributed by atoms with E-state index in [0.717, 1.165) is 24.3 Å². The predicted molar refractivity (Wildman–Crippen MR) is 105 cm³/mol. The van der Waals surface area contributed by atoms with Crippen LogP contribution in [0.15, 0.2) is 18.2 Å². The van der Waals surface area contributed by atoms with E-state index >= 15 is 0 Å². The van der Waals surface area contributed by atoms with Crippen LogP contribution in [0.4, 0.5) is 0 Å². The predicted octanol–water partition coefficient (Wildman–Crippen LogP) is 2.40. The van der Waals surface area contributed by atoms with E-state index in [9.17, 15) is 9.59 Å². The highest BCUT2D eigenvalue weighted by atomic mass is 16.5. The van der Waals surface area contributed by atoms with E-state index in [0.29, 0.717) is 43.0 Å². The number of fused-ring (bicyclic) bond motifs is 2. The van der Waals surface area contributed by atoms with E-state index in [4.69, 9.17) is 9.47 Å². The number of hydrogen-bond donors (Lipinski definition) is 1. The van der Waals surface area contributed by atoms with Crippen LogP contribution >= 0.6 is 0 Å². The van der Waals surface area contributed by atoms with Gasteiger partial charge in [0.25, 0.3) is 0 Å². The quantitative estimate of drug-likeness (QED) is 0.781. The molecule has 6 nitrogen and oxygen atoms in total. The summed E-state index contributed by atoms with van der Waals surface area (Å²) in [6.07, 6.45) is 6.02. The number of amides is 2. The fraction of sp³-hybridized carbons (Fsp3) is 0.636. The molecule has 152 valence electrons. The van der Waals surface area contributed by atoms with Gasteiger partial charge in [-0.05, 0) is 55.2 Å². The number of carbonyl (C=O) groups excluding carboxylic acids is 2. The number of ether oxygens (including phenoxy) is 2. The molecule has 0 unspecified atom stereocenters. The largest absolute Gasteiger partial charge is 0.493 e. The molecule has 3 fully saturated rings. The Hall–Kier alpha value is -2.24. The van der Waals surface area contributed by atoms with Crippen molar-refractivity contribution in [2.75, 3.05) is 27.3 Å². The van der Waals surface area contributed by atoms with Gasteiger partial charge in [-0.25, -0.2) is 0 Å². The Morgan fingerprint density at radius 1 is 1.18 bits per heavy atom. The van der Waals surface area contributed by atoms with E-state index in [2.05, 4.69) is 5.32 Å². The maximum atomic E-state index is 12.7. The lowest BCUT2D eigenvalue weighted by Gasteiger charge is -2.24. The minimum absolute atomic E-state index is 0.0690. The number of hydrogen-bond acceptors (Lipinski definition) is 4. The molecule has 1 saturated heterocycles. The normalized spacial score (nSPS) is 28.6. The van der Waals surface area contributed by atoms with Crippen molar-refractivity contribution in [3.63, 3.8) is 0 Å². The van der Waals surface area contributed by atoms with Crippen LogP contribution in [-0.4, -0.2) is 50.1 Å². The van der Waals surface area contributed by atoms with Gasteiger partial charge in [0.15, 0.2) is 11.5 Å². The van der Waals surface area contributed by atoms with Gasteiger partial charge in [-0.3, -0.25) is 9.59 Å². The highest BCUT2D eigenvalue weighted by Crippen LogP contribution is 2.44. The molecule has 1 aliphatic heterocycles. The van der Waals surface area contributed by atoms with Crippen LogP contribution in [0, 0.1) is 17.8 Å². The summed E-state index contributed by atoms with van der Waals surface area (Å²) in [4.78, 5) is 26.9. The molecular formula is C22H30N2O4. The molecule has 2 amide bonds. The van der Waals surface area contributed by atoms with Gasteiger partial charge in [0.05, 0.1) is 20.1 Å². The number of methoxy groups -OCH3 is 2. The summed E-state index contributed by atoms with van der Waals surface area (Å²) >= 11 is 0. The fourth-order valence-electron chi connectivity index (χ4n) is 5.19. The van der Waals surface area contributed by atoms with Crippen LogP contribution in [0.25, 0.3) is 0 Å². The Morgan fingerprint density at radius 3 is 2.68 bits per heavy atom. The standard InChI is InChI=1S/C22H30N2O4/c1-27-19-6-4-14(11-20(19)28-2)7-8-24-13-17(12-21(24)25)22(26)23-18-10-15-3-5-16(18)9-15/h4,6,11,15-18H,3,5,7-10,12-13H2,1-2H3,(H,23,26)/t15-,16-,17+,18-/m0/s1. The van der Waals surface area contributed by atoms with Crippen molar-refractivity contribution in [3.8, 4) is 11.5 Å². The summed E-state index contributed by atoms with van der Waals surface area (Å²) in [5.41, 5.74) is 1.08. The zero-order chi connectivity index (χ0) is 19.7. The number of nitrogens with one attached hydrogen (secondary N) is 1. The van der Waals surface area contributed by atoms with Gasteiger partial charge in [-0.15, -0.1) is 0 Å². The summed E-state index contributed by atoms with van der Waals surface area (Å²) in [7, 11) is 3.23. The van der Waals surface area contributed by atoms with Crippen LogP contribution < -0.4 is 14.8 Å². The van der Waals surface area contributed by atoms with Crippen LogP contribution in [0.3, 0.4) is 0 Å². The van der Waals surface area contributed by atoms with E-state index in [1.54, 1.807) is 14.2 Å². The SMILES string of the molecule is COc1ccc(CCN2C[C@H](C(=O)N[C@H]3C[C@H]4CC[C@H]3C4)CC2=O)cc1OC. The van der Waals surface area contributed by atoms with Crippen LogP contribution in [0.2, 0.25) is 0 Å². The maximum absolute atomic E-state index is 12.7. The number of likely N-dealkylation sites (tertiary alicyclic amines) is 1. The first-order valence-corrected chi connectivity index (χ1v) is 10.4. The van der Waals surface area contributed by atoms with E-state index in [-0.39, 0.29) is 17.7 Å². The molecule has 0 spiro atoms. The molecule has 4 atom stereocenters. The summed E-state index contributed by atoms with van der Waals surface area (Å²) in [5.74, 6) is 2.78. The Labute approximate surface area is 166 Å². The second-order valence-electron chi connectivity index (χ2n) is 8.47. The van der Waals surface area contributed by atoms with Crippen LogP contribution in [0.1, 0.15) is 37.7 Å². The number of nitrogens with zero attached hydrogens (tertiary/aromatic N) is 1. The summed E-state index contributed by atoms with van der Waals surface area (Å²) < 4.78 is 10.6. The molecule has 0 radical (unpaired) electrons. The molecule has 6 heteroatoms. The third-order valence-electron chi connectivity index (χ3n) is 6.77. The third kappa shape index (κ3) is 3.82. The molecule has 1 heterocycles. The van der Waals surface area contributed by atoms with E-state index < -0.39 is 0 Å². The smallest absolute Gasteiger partial charge is 0.225 e. The fourth-order valence-corrected chi connectivity index (χ4v) is 5.19. The molecule has 3 aliphatic rings. The topological polar surface area (TPSA) is 67.9 Å². The Morgan fingerprint density at radius 2 is 2.00 bits per heavy atom. The van der Waals surface area contributed by atoms with Crippen molar-refractivity contribution in [1.29, 1.82) is 0 Å². The summed E-state index contributed by atoms with van der Waals surface area (Å²) in [6.45, 7) is 1.14. The van der Waals surface area contributed by atoms with Crippen molar-refractivity contribution < 1.29 is 19.1 Å². The minimum Gasteiger partial charge on any atom is -0.493 e. The van der Waals surface area contributed by atoms with Gasteiger partial charge in [0.2, 0.25) is 11.8 Å². The highest BCUT2D eigenvalue weighted by molar-refractivity contribution is 5.89. The molecule has 0 aromatic heterocycles. The highest BCUT2D eigenvalue weighted by Gasteiger charge is 2.42. The lowest BCUT2D eigenvalue weighted by atomic mass is 9.94. The second kappa shape index (κ2) is 8.02. The molecule has 28 heavy (non-hydrogen) atoms. The summed E-state index contributed by atoms with van der Waals surface area (Å²) in [5, 5.41) is 3.25. The Kier molecular flexibility index (Phi) is 5.47. The maximum Gasteiger partial charge on any atom is 0.225 e. The van der Waals surface area contributed by atoms with E-state index in [1.165, 1.54) is 19.3 Å². The Balaban J connectivity index is 1.29. The molecule has 2 aliphatic carbocycles. The lowest BCUT2D eigenvalue weighted by Crippen LogP contribution is -2.42. The molecule has 2 bridgehead atoms. The second-order valence-corrected chi connectivity index (χ2v) is 8.47. The molecule has 1 N–H and O–H groups in total. The third-order valence-corrected chi connectivity index (χ3v) is 6.77. The lowest BCUT2D eigenvalue weighted by molar-refractivity contribution is -0.129. The van der Waals surface area contributed by atoms with Crippen molar-refractivity contribution in [2.24, 2.45) is 17.8 Å². The molecule has 1 aromatic rings. The molecule has 2 saturated carbocycles. The molecule has 1 aromatic carbocycles. The number of carbonyl (C=O) groups is 2. The minimum atomic E-state index is -0.211. The first-order chi connectivity index (χ1) is 13.6. The Bertz CT molecular complexity index is 750. The monoisotopic (exact) mass is 386 g/mol. The summed E-state index contributed by atoms with van der Waals surface area (Å²) in [6, 6.07) is 6.15. The average Bonchev–Trinajstić information content (AvgIpc) is 3.42. The van der Waals surface area contributed by atoms with Crippen LogP contribution in [-0.2, 0) is 16.0 Å². The first-order valence-electron chi connectivity index (χ1n) is 10.4. The van der Waals surface area contributed by atoms with Crippen molar-refractivity contribution >= 4 is 11.8 Å².